The van der Waals surface area contributed by atoms with Gasteiger partial charge < -0.3 is 15.2 Å². The fourth-order valence-corrected chi connectivity index (χ4v) is 1.83. The minimum Gasteiger partial charge on any atom is -0.478 e. The maximum Gasteiger partial charge on any atom is 0.328 e. The van der Waals surface area contributed by atoms with Gasteiger partial charge in [0, 0.05) is 24.8 Å². The fourth-order valence-electron chi connectivity index (χ4n) is 1.83. The predicted octanol–water partition coefficient (Wildman–Crippen LogP) is 2.25. The van der Waals surface area contributed by atoms with Gasteiger partial charge in [0.1, 0.15) is 0 Å². The van der Waals surface area contributed by atoms with Gasteiger partial charge in [0.05, 0.1) is 6.10 Å². The number of hydrogen-bond donors (Lipinski definition) is 2. The highest BCUT2D eigenvalue weighted by molar-refractivity contribution is 5.96. The first-order valence-electron chi connectivity index (χ1n) is 6.85. The van der Waals surface area contributed by atoms with Gasteiger partial charge >= 0.3 is 5.97 Å². The average Bonchev–Trinajstić information content (AvgIpc) is 2.44. The third kappa shape index (κ3) is 5.79. The van der Waals surface area contributed by atoms with Crippen LogP contribution in [-0.2, 0) is 9.53 Å². The molecule has 0 fully saturated rings. The molecule has 0 saturated heterocycles. The zero-order valence-corrected chi connectivity index (χ0v) is 12.6. The summed E-state index contributed by atoms with van der Waals surface area (Å²) < 4.78 is 5.36. The van der Waals surface area contributed by atoms with Crippen molar-refractivity contribution < 1.29 is 19.4 Å². The van der Waals surface area contributed by atoms with Crippen LogP contribution in [0, 0.1) is 6.92 Å². The second-order valence-electron chi connectivity index (χ2n) is 4.72. The van der Waals surface area contributed by atoms with Crippen molar-refractivity contribution in [2.75, 3.05) is 13.2 Å². The van der Waals surface area contributed by atoms with Crippen molar-refractivity contribution in [1.82, 2.24) is 5.32 Å². The first kappa shape index (κ1) is 16.9. The molecule has 1 unspecified atom stereocenters. The summed E-state index contributed by atoms with van der Waals surface area (Å²) in [6.07, 6.45) is 2.46. The molecule has 0 bridgehead atoms. The maximum absolute atomic E-state index is 12.2. The van der Waals surface area contributed by atoms with E-state index in [9.17, 15) is 9.59 Å². The summed E-state index contributed by atoms with van der Waals surface area (Å²) in [6.45, 7) is 6.67. The van der Waals surface area contributed by atoms with Gasteiger partial charge in [0.2, 0.25) is 0 Å². The van der Waals surface area contributed by atoms with E-state index < -0.39 is 5.97 Å². The summed E-state index contributed by atoms with van der Waals surface area (Å²) in [4.78, 5) is 22.7. The lowest BCUT2D eigenvalue weighted by molar-refractivity contribution is -0.131. The number of rotatable bonds is 7. The molecule has 5 heteroatoms. The molecule has 0 radical (unpaired) electrons. The number of nitrogens with one attached hydrogen (secondary N) is 1. The molecule has 1 aromatic carbocycles. The average molecular weight is 291 g/mol. The molecule has 0 aliphatic heterocycles. The van der Waals surface area contributed by atoms with Gasteiger partial charge in [-0.25, -0.2) is 4.79 Å². The van der Waals surface area contributed by atoms with Crippen molar-refractivity contribution in [3.63, 3.8) is 0 Å². The first-order chi connectivity index (χ1) is 9.93. The van der Waals surface area contributed by atoms with Crippen LogP contribution in [0.2, 0.25) is 0 Å². The van der Waals surface area contributed by atoms with E-state index in [0.717, 1.165) is 11.6 Å². The van der Waals surface area contributed by atoms with E-state index in [4.69, 9.17) is 9.84 Å². The number of carbonyl (C=O) groups is 2. The molecule has 2 N–H and O–H groups in total. The molecule has 1 aromatic rings. The molecular formula is C16H21NO4. The number of aliphatic carboxylic acids is 1. The molecule has 0 heterocycles. The second kappa shape index (κ2) is 8.21. The van der Waals surface area contributed by atoms with Gasteiger partial charge in [-0.1, -0.05) is 12.1 Å². The number of carboxylic acids is 1. The molecule has 114 valence electrons. The van der Waals surface area contributed by atoms with E-state index in [0.29, 0.717) is 24.3 Å². The van der Waals surface area contributed by atoms with E-state index in [1.807, 2.05) is 20.8 Å². The second-order valence-corrected chi connectivity index (χ2v) is 4.72. The van der Waals surface area contributed by atoms with Crippen molar-refractivity contribution in [3.8, 4) is 0 Å². The van der Waals surface area contributed by atoms with Gasteiger partial charge in [-0.3, -0.25) is 4.79 Å². The van der Waals surface area contributed by atoms with Crippen LogP contribution in [0.25, 0.3) is 6.08 Å². The van der Waals surface area contributed by atoms with Crippen LogP contribution in [0.1, 0.15) is 35.3 Å². The van der Waals surface area contributed by atoms with Crippen LogP contribution in [0.5, 0.6) is 0 Å². The van der Waals surface area contributed by atoms with Crippen LogP contribution in [0.3, 0.4) is 0 Å². The van der Waals surface area contributed by atoms with Gasteiger partial charge in [0.15, 0.2) is 0 Å². The highest BCUT2D eigenvalue weighted by Crippen LogP contribution is 2.12. The summed E-state index contributed by atoms with van der Waals surface area (Å²) in [7, 11) is 0. The Balaban J connectivity index is 2.78. The summed E-state index contributed by atoms with van der Waals surface area (Å²) in [6, 6.07) is 5.24. The van der Waals surface area contributed by atoms with Crippen molar-refractivity contribution in [2.24, 2.45) is 0 Å². The summed E-state index contributed by atoms with van der Waals surface area (Å²) >= 11 is 0. The Bertz CT molecular complexity index is 537. The standard InChI is InChI=1S/C16H21NO4/c1-4-21-12(3)10-17-16(20)14-9-13(6-5-11(14)2)7-8-15(18)19/h5-9,12H,4,10H2,1-3H3,(H,17,20)(H,18,19)/b8-7+. The fraction of sp³-hybridized carbons (Fsp3) is 0.375. The summed E-state index contributed by atoms with van der Waals surface area (Å²) in [5.74, 6) is -1.21. The maximum atomic E-state index is 12.2. The van der Waals surface area contributed by atoms with Crippen LogP contribution < -0.4 is 5.32 Å². The Hall–Kier alpha value is -2.14. The lowest BCUT2D eigenvalue weighted by Gasteiger charge is -2.13. The number of amides is 1. The van der Waals surface area contributed by atoms with E-state index >= 15 is 0 Å². The summed E-state index contributed by atoms with van der Waals surface area (Å²) in [5, 5.41) is 11.4. The lowest BCUT2D eigenvalue weighted by atomic mass is 10.0. The molecule has 1 atom stereocenters. The molecule has 0 saturated carbocycles. The topological polar surface area (TPSA) is 75.6 Å². The van der Waals surface area contributed by atoms with Crippen LogP contribution in [0.15, 0.2) is 24.3 Å². The Labute approximate surface area is 124 Å². The van der Waals surface area contributed by atoms with Crippen molar-refractivity contribution in [2.45, 2.75) is 26.9 Å². The molecule has 0 aliphatic rings. The zero-order chi connectivity index (χ0) is 15.8. The molecule has 0 aromatic heterocycles. The molecule has 1 amide bonds. The van der Waals surface area contributed by atoms with E-state index in [1.165, 1.54) is 6.08 Å². The quantitative estimate of drug-likeness (QED) is 0.755. The first-order valence-corrected chi connectivity index (χ1v) is 6.85. The third-order valence-corrected chi connectivity index (χ3v) is 2.93. The summed E-state index contributed by atoms with van der Waals surface area (Å²) in [5.41, 5.74) is 2.04. The highest BCUT2D eigenvalue weighted by Gasteiger charge is 2.10. The lowest BCUT2D eigenvalue weighted by Crippen LogP contribution is -2.32. The minimum atomic E-state index is -1.02. The number of hydrogen-bond acceptors (Lipinski definition) is 3. The van der Waals surface area contributed by atoms with Crippen LogP contribution in [-0.4, -0.2) is 36.2 Å². The van der Waals surface area contributed by atoms with Gasteiger partial charge in [-0.15, -0.1) is 0 Å². The Morgan fingerprint density at radius 1 is 1.43 bits per heavy atom. The van der Waals surface area contributed by atoms with Gasteiger partial charge in [0.25, 0.3) is 5.91 Å². The van der Waals surface area contributed by atoms with Gasteiger partial charge in [-0.2, -0.15) is 0 Å². The number of carboxylic acid groups (broad SMARTS) is 1. The third-order valence-electron chi connectivity index (χ3n) is 2.93. The van der Waals surface area contributed by atoms with Crippen LogP contribution >= 0.6 is 0 Å². The normalized spacial score (nSPS) is 12.3. The zero-order valence-electron chi connectivity index (χ0n) is 12.6. The Morgan fingerprint density at radius 2 is 2.14 bits per heavy atom. The largest absolute Gasteiger partial charge is 0.478 e. The van der Waals surface area contributed by atoms with Crippen molar-refractivity contribution in [1.29, 1.82) is 0 Å². The van der Waals surface area contributed by atoms with E-state index in [-0.39, 0.29) is 12.0 Å². The van der Waals surface area contributed by atoms with Gasteiger partial charge in [-0.05, 0) is 44.0 Å². The van der Waals surface area contributed by atoms with Crippen molar-refractivity contribution in [3.05, 3.63) is 41.0 Å². The van der Waals surface area contributed by atoms with Crippen LogP contribution in [0.4, 0.5) is 0 Å². The number of aryl methyl sites for hydroxylation is 1. The van der Waals surface area contributed by atoms with E-state index in [1.54, 1.807) is 18.2 Å². The minimum absolute atomic E-state index is 0.0469. The van der Waals surface area contributed by atoms with E-state index in [2.05, 4.69) is 5.32 Å². The molecule has 0 spiro atoms. The highest BCUT2D eigenvalue weighted by atomic mass is 16.5. The molecular weight excluding hydrogens is 270 g/mol. The number of benzene rings is 1. The number of ether oxygens (including phenoxy) is 1. The number of carbonyl (C=O) groups excluding carboxylic acids is 1. The molecule has 0 aliphatic carbocycles. The monoisotopic (exact) mass is 291 g/mol. The van der Waals surface area contributed by atoms with Crippen molar-refractivity contribution >= 4 is 18.0 Å². The Kier molecular flexibility index (Phi) is 6.62. The molecule has 21 heavy (non-hydrogen) atoms. The smallest absolute Gasteiger partial charge is 0.328 e. The SMILES string of the molecule is CCOC(C)CNC(=O)c1cc(/C=C/C(=O)O)ccc1C. The Morgan fingerprint density at radius 3 is 2.76 bits per heavy atom. The predicted molar refractivity (Wildman–Crippen MR) is 81.3 cm³/mol. The molecule has 1 rings (SSSR count). The molecule has 5 nitrogen and oxygen atoms in total.